The second-order valence-corrected chi connectivity index (χ2v) is 8.05. The van der Waals surface area contributed by atoms with Crippen LogP contribution in [0.3, 0.4) is 0 Å². The van der Waals surface area contributed by atoms with Gasteiger partial charge in [0.15, 0.2) is 0 Å². The standard InChI is InChI=1S/C24H28O4S/c1-3-18(25)15-27-20-11-12-22-17(14-20)10-13-23(24(22)28-16-19(26)4-2)29-21-8-6-5-7-9-21/h5-14,18-19,25-26H,3-4,15-16H2,1-2H3. The van der Waals surface area contributed by atoms with E-state index in [1.165, 1.54) is 0 Å². The van der Waals surface area contributed by atoms with Crippen molar-refractivity contribution in [3.05, 3.63) is 60.7 Å². The summed E-state index contributed by atoms with van der Waals surface area (Å²) in [5, 5.41) is 21.7. The molecule has 0 saturated carbocycles. The first-order chi connectivity index (χ1) is 14.1. The summed E-state index contributed by atoms with van der Waals surface area (Å²) in [5.74, 6) is 1.48. The van der Waals surface area contributed by atoms with Crippen molar-refractivity contribution in [1.29, 1.82) is 0 Å². The smallest absolute Gasteiger partial charge is 0.141 e. The van der Waals surface area contributed by atoms with Crippen molar-refractivity contribution in [2.45, 2.75) is 48.7 Å². The van der Waals surface area contributed by atoms with Gasteiger partial charge in [0.1, 0.15) is 24.7 Å². The molecule has 0 radical (unpaired) electrons. The maximum Gasteiger partial charge on any atom is 0.141 e. The Bertz CT molecular complexity index is 913. The normalized spacial score (nSPS) is 13.2. The molecular weight excluding hydrogens is 384 g/mol. The zero-order valence-corrected chi connectivity index (χ0v) is 17.7. The molecule has 4 nitrogen and oxygen atoms in total. The van der Waals surface area contributed by atoms with Gasteiger partial charge in [0.05, 0.1) is 17.1 Å². The van der Waals surface area contributed by atoms with Gasteiger partial charge >= 0.3 is 0 Å². The van der Waals surface area contributed by atoms with Crippen LogP contribution in [0.25, 0.3) is 10.8 Å². The minimum Gasteiger partial charge on any atom is -0.491 e. The maximum atomic E-state index is 9.99. The van der Waals surface area contributed by atoms with Gasteiger partial charge in [-0.05, 0) is 54.6 Å². The van der Waals surface area contributed by atoms with Gasteiger partial charge in [-0.25, -0.2) is 0 Å². The third-order valence-electron chi connectivity index (χ3n) is 4.68. The lowest BCUT2D eigenvalue weighted by Gasteiger charge is -2.17. The molecule has 0 aliphatic carbocycles. The summed E-state index contributed by atoms with van der Waals surface area (Å²) in [6.45, 7) is 4.38. The van der Waals surface area contributed by atoms with Gasteiger partial charge in [-0.15, -0.1) is 0 Å². The fourth-order valence-electron chi connectivity index (χ4n) is 2.80. The molecule has 3 aromatic carbocycles. The van der Waals surface area contributed by atoms with Crippen LogP contribution in [0.15, 0.2) is 70.5 Å². The molecule has 0 bridgehead atoms. The van der Waals surface area contributed by atoms with Crippen molar-refractivity contribution in [1.82, 2.24) is 0 Å². The minimum absolute atomic E-state index is 0.249. The molecule has 154 valence electrons. The average Bonchev–Trinajstić information content (AvgIpc) is 2.76. The van der Waals surface area contributed by atoms with Crippen molar-refractivity contribution in [3.63, 3.8) is 0 Å². The number of rotatable bonds is 10. The first-order valence-electron chi connectivity index (χ1n) is 10.0. The molecule has 3 aromatic rings. The molecule has 5 heteroatoms. The number of hydrogen-bond donors (Lipinski definition) is 2. The Morgan fingerprint density at radius 2 is 1.52 bits per heavy atom. The quantitative estimate of drug-likeness (QED) is 0.474. The molecule has 0 spiro atoms. The van der Waals surface area contributed by atoms with Gasteiger partial charge < -0.3 is 19.7 Å². The van der Waals surface area contributed by atoms with Crippen LogP contribution in [0.4, 0.5) is 0 Å². The molecule has 2 N–H and O–H groups in total. The summed E-state index contributed by atoms with van der Waals surface area (Å²) >= 11 is 1.64. The third kappa shape index (κ3) is 5.89. The SMILES string of the molecule is CCC(O)COc1ccc2c(OCC(O)CC)c(Sc3ccccc3)ccc2c1. The van der Waals surface area contributed by atoms with Crippen LogP contribution < -0.4 is 9.47 Å². The predicted molar refractivity (Wildman–Crippen MR) is 118 cm³/mol. The number of aliphatic hydroxyl groups excluding tert-OH is 2. The zero-order valence-electron chi connectivity index (χ0n) is 16.9. The van der Waals surface area contributed by atoms with E-state index < -0.39 is 12.2 Å². The van der Waals surface area contributed by atoms with E-state index in [1.807, 2.05) is 62.4 Å². The number of ether oxygens (including phenoxy) is 2. The van der Waals surface area contributed by atoms with E-state index in [2.05, 4.69) is 12.1 Å². The first-order valence-corrected chi connectivity index (χ1v) is 10.8. The third-order valence-corrected chi connectivity index (χ3v) is 5.73. The van der Waals surface area contributed by atoms with Crippen LogP contribution in [0.5, 0.6) is 11.5 Å². The second-order valence-electron chi connectivity index (χ2n) is 6.94. The number of hydrogen-bond acceptors (Lipinski definition) is 5. The molecule has 2 unspecified atom stereocenters. The van der Waals surface area contributed by atoms with Crippen molar-refractivity contribution in [2.75, 3.05) is 13.2 Å². The van der Waals surface area contributed by atoms with E-state index in [-0.39, 0.29) is 13.2 Å². The minimum atomic E-state index is -0.502. The molecule has 0 aromatic heterocycles. The molecule has 0 aliphatic rings. The van der Waals surface area contributed by atoms with Gasteiger partial charge in [-0.3, -0.25) is 0 Å². The lowest BCUT2D eigenvalue weighted by atomic mass is 10.1. The van der Waals surface area contributed by atoms with Crippen LogP contribution in [-0.4, -0.2) is 35.6 Å². The molecule has 0 fully saturated rings. The average molecular weight is 413 g/mol. The lowest BCUT2D eigenvalue weighted by molar-refractivity contribution is 0.103. The molecule has 29 heavy (non-hydrogen) atoms. The predicted octanol–water partition coefficient (Wildman–Crippen LogP) is 5.29. The number of benzene rings is 3. The Labute approximate surface area is 176 Å². The van der Waals surface area contributed by atoms with E-state index in [0.29, 0.717) is 18.6 Å². The molecule has 2 atom stereocenters. The molecule has 3 rings (SSSR count). The van der Waals surface area contributed by atoms with Crippen LogP contribution >= 0.6 is 11.8 Å². The highest BCUT2D eigenvalue weighted by atomic mass is 32.2. The zero-order chi connectivity index (χ0) is 20.6. The van der Waals surface area contributed by atoms with E-state index >= 15 is 0 Å². The summed E-state index contributed by atoms with van der Waals surface area (Å²) < 4.78 is 11.8. The van der Waals surface area contributed by atoms with E-state index in [9.17, 15) is 10.2 Å². The maximum absolute atomic E-state index is 9.99. The summed E-state index contributed by atoms with van der Waals surface area (Å²) in [4.78, 5) is 2.13. The van der Waals surface area contributed by atoms with Crippen LogP contribution in [0.1, 0.15) is 26.7 Å². The highest BCUT2D eigenvalue weighted by Gasteiger charge is 2.14. The Balaban J connectivity index is 1.92. The van der Waals surface area contributed by atoms with Gasteiger partial charge in [0.2, 0.25) is 0 Å². The molecular formula is C24H28O4S. The van der Waals surface area contributed by atoms with Gasteiger partial charge in [0, 0.05) is 10.3 Å². The monoisotopic (exact) mass is 412 g/mol. The van der Waals surface area contributed by atoms with Crippen molar-refractivity contribution in [3.8, 4) is 11.5 Å². The summed E-state index contributed by atoms with van der Waals surface area (Å²) in [5.41, 5.74) is 0. The van der Waals surface area contributed by atoms with Crippen LogP contribution in [0.2, 0.25) is 0 Å². The molecule has 0 saturated heterocycles. The van der Waals surface area contributed by atoms with Crippen molar-refractivity contribution >= 4 is 22.5 Å². The fourth-order valence-corrected chi connectivity index (χ4v) is 3.75. The number of aliphatic hydroxyl groups is 2. The lowest BCUT2D eigenvalue weighted by Crippen LogP contribution is -2.16. The Hall–Kier alpha value is -2.21. The van der Waals surface area contributed by atoms with Crippen molar-refractivity contribution < 1.29 is 19.7 Å². The molecule has 0 amide bonds. The summed E-state index contributed by atoms with van der Waals surface area (Å²) in [7, 11) is 0. The van der Waals surface area contributed by atoms with Gasteiger partial charge in [-0.1, -0.05) is 49.9 Å². The highest BCUT2D eigenvalue weighted by molar-refractivity contribution is 7.99. The highest BCUT2D eigenvalue weighted by Crippen LogP contribution is 2.40. The molecule has 0 aliphatic heterocycles. The summed E-state index contributed by atoms with van der Waals surface area (Å²) in [6, 6.07) is 20.1. The Kier molecular flexibility index (Phi) is 7.81. The second kappa shape index (κ2) is 10.5. The van der Waals surface area contributed by atoms with Crippen molar-refractivity contribution in [2.24, 2.45) is 0 Å². The van der Waals surface area contributed by atoms with Gasteiger partial charge in [-0.2, -0.15) is 0 Å². The molecule has 0 heterocycles. The van der Waals surface area contributed by atoms with E-state index in [0.717, 1.165) is 26.3 Å². The fraction of sp³-hybridized carbons (Fsp3) is 0.333. The number of fused-ring (bicyclic) bond motifs is 1. The van der Waals surface area contributed by atoms with Crippen LogP contribution in [0, 0.1) is 0 Å². The van der Waals surface area contributed by atoms with Crippen LogP contribution in [-0.2, 0) is 0 Å². The Morgan fingerprint density at radius 3 is 2.21 bits per heavy atom. The van der Waals surface area contributed by atoms with E-state index in [4.69, 9.17) is 9.47 Å². The largest absolute Gasteiger partial charge is 0.491 e. The van der Waals surface area contributed by atoms with Gasteiger partial charge in [0.25, 0.3) is 0 Å². The van der Waals surface area contributed by atoms with E-state index in [1.54, 1.807) is 11.8 Å². The Morgan fingerprint density at radius 1 is 0.828 bits per heavy atom. The summed E-state index contributed by atoms with van der Waals surface area (Å²) in [6.07, 6.45) is 0.331. The topological polar surface area (TPSA) is 58.9 Å². The first kappa shape index (κ1) is 21.5.